The van der Waals surface area contributed by atoms with Crippen molar-refractivity contribution in [3.05, 3.63) is 47.4 Å². The Hall–Kier alpha value is -3.59. The maximum Gasteiger partial charge on any atom is 0.337 e. The van der Waals surface area contributed by atoms with Crippen molar-refractivity contribution in [3.63, 3.8) is 0 Å². The number of aliphatic hydroxyl groups is 1. The number of ketones is 1. The fourth-order valence-corrected chi connectivity index (χ4v) is 3.14. The minimum Gasteiger partial charge on any atom is -0.496 e. The van der Waals surface area contributed by atoms with Crippen LogP contribution in [-0.4, -0.2) is 61.6 Å². The van der Waals surface area contributed by atoms with E-state index in [1.54, 1.807) is 30.3 Å². The smallest absolute Gasteiger partial charge is 0.337 e. The summed E-state index contributed by atoms with van der Waals surface area (Å²) in [6.45, 7) is 1.34. The van der Waals surface area contributed by atoms with Gasteiger partial charge in [-0.05, 0) is 24.3 Å². The van der Waals surface area contributed by atoms with Crippen LogP contribution in [0.2, 0.25) is 0 Å². The summed E-state index contributed by atoms with van der Waals surface area (Å²) < 4.78 is 15.8. The summed E-state index contributed by atoms with van der Waals surface area (Å²) in [6.07, 6.45) is 0. The summed E-state index contributed by atoms with van der Waals surface area (Å²) in [5.41, 5.74) is 1.39. The van der Waals surface area contributed by atoms with Crippen molar-refractivity contribution in [1.82, 2.24) is 4.90 Å². The third-order valence-corrected chi connectivity index (χ3v) is 4.64. The van der Waals surface area contributed by atoms with Crippen molar-refractivity contribution in [1.29, 1.82) is 0 Å². The van der Waals surface area contributed by atoms with Crippen molar-refractivity contribution in [2.45, 2.75) is 6.92 Å². The second-order valence-corrected chi connectivity index (χ2v) is 6.56. The van der Waals surface area contributed by atoms with Gasteiger partial charge in [0.25, 0.3) is 5.91 Å². The van der Waals surface area contributed by atoms with Gasteiger partial charge in [0.1, 0.15) is 17.2 Å². The summed E-state index contributed by atoms with van der Waals surface area (Å²) in [5, 5.41) is 12.1. The predicted octanol–water partition coefficient (Wildman–Crippen LogP) is 1.83. The van der Waals surface area contributed by atoms with E-state index in [2.05, 4.69) is 5.32 Å². The van der Waals surface area contributed by atoms with E-state index in [1.165, 1.54) is 26.0 Å². The molecule has 9 nitrogen and oxygen atoms in total. The van der Waals surface area contributed by atoms with E-state index < -0.39 is 11.9 Å². The highest BCUT2D eigenvalue weighted by Crippen LogP contribution is 2.34. The molecule has 1 aromatic heterocycles. The first-order valence-electron chi connectivity index (χ1n) is 9.17. The van der Waals surface area contributed by atoms with E-state index in [4.69, 9.17) is 19.0 Å². The molecule has 0 bridgehead atoms. The lowest BCUT2D eigenvalue weighted by Crippen LogP contribution is -2.31. The molecule has 9 heteroatoms. The third-order valence-electron chi connectivity index (χ3n) is 4.64. The third kappa shape index (κ3) is 4.06. The fraction of sp³-hybridized carbons (Fsp3) is 0.286. The first kappa shape index (κ1) is 21.1. The number of carbonyl (C=O) groups excluding carboxylic acids is 3. The average Bonchev–Trinajstić information content (AvgIpc) is 3.34. The molecule has 1 aromatic carbocycles. The number of rotatable bonds is 8. The van der Waals surface area contributed by atoms with Crippen molar-refractivity contribution in [2.24, 2.45) is 0 Å². The molecule has 2 heterocycles. The number of furan rings is 1. The molecule has 0 spiro atoms. The Morgan fingerprint density at radius 2 is 2.00 bits per heavy atom. The Morgan fingerprint density at radius 3 is 2.60 bits per heavy atom. The maximum absolute atomic E-state index is 12.6. The number of nitrogens with one attached hydrogen (secondary N) is 1. The molecule has 0 aliphatic carbocycles. The van der Waals surface area contributed by atoms with Gasteiger partial charge in [0.15, 0.2) is 11.5 Å². The number of anilines is 1. The summed E-state index contributed by atoms with van der Waals surface area (Å²) >= 11 is 0. The number of benzene rings is 1. The average molecular weight is 414 g/mol. The van der Waals surface area contributed by atoms with Gasteiger partial charge in [-0.1, -0.05) is 0 Å². The lowest BCUT2D eigenvalue weighted by Gasteiger charge is -2.15. The molecule has 1 aliphatic heterocycles. The van der Waals surface area contributed by atoms with Gasteiger partial charge in [0.05, 0.1) is 38.5 Å². The van der Waals surface area contributed by atoms with Gasteiger partial charge in [-0.25, -0.2) is 4.79 Å². The molecular formula is C21H22N2O7. The van der Waals surface area contributed by atoms with Gasteiger partial charge in [0, 0.05) is 25.2 Å². The quantitative estimate of drug-likeness (QED) is 0.496. The Morgan fingerprint density at radius 1 is 1.23 bits per heavy atom. The van der Waals surface area contributed by atoms with Gasteiger partial charge in [0.2, 0.25) is 0 Å². The Bertz CT molecular complexity index is 1020. The molecule has 1 aliphatic rings. The summed E-state index contributed by atoms with van der Waals surface area (Å²) in [4.78, 5) is 37.6. The van der Waals surface area contributed by atoms with Crippen LogP contribution in [0.1, 0.15) is 17.5 Å². The number of methoxy groups -OCH3 is 2. The molecule has 3 rings (SSSR count). The van der Waals surface area contributed by atoms with E-state index >= 15 is 0 Å². The molecule has 2 aromatic rings. The Kier molecular flexibility index (Phi) is 6.22. The molecule has 158 valence electrons. The number of amides is 1. The molecule has 1 amide bonds. The number of β-amino-alcohol motifs (C(OH)–C–C–N with tert-alkyl or cyclic N) is 1. The number of hydrogen-bond acceptors (Lipinski definition) is 8. The summed E-state index contributed by atoms with van der Waals surface area (Å²) in [6, 6.07) is 8.32. The van der Waals surface area contributed by atoms with E-state index in [0.717, 1.165) is 0 Å². The largest absolute Gasteiger partial charge is 0.496 e. The molecule has 30 heavy (non-hydrogen) atoms. The first-order chi connectivity index (χ1) is 14.4. The van der Waals surface area contributed by atoms with Crippen LogP contribution in [0.25, 0.3) is 11.3 Å². The number of carbonyl (C=O) groups is 3. The van der Waals surface area contributed by atoms with Gasteiger partial charge >= 0.3 is 5.97 Å². The summed E-state index contributed by atoms with van der Waals surface area (Å²) in [7, 11) is 2.73. The Labute approximate surface area is 172 Å². The van der Waals surface area contributed by atoms with Gasteiger partial charge in [-0.3, -0.25) is 9.59 Å². The number of esters is 1. The van der Waals surface area contributed by atoms with Gasteiger partial charge in [-0.2, -0.15) is 0 Å². The van der Waals surface area contributed by atoms with Crippen LogP contribution in [-0.2, 0) is 14.3 Å². The second-order valence-electron chi connectivity index (χ2n) is 6.56. The van der Waals surface area contributed by atoms with Crippen LogP contribution in [0.3, 0.4) is 0 Å². The monoisotopic (exact) mass is 414 g/mol. The fourth-order valence-electron chi connectivity index (χ4n) is 3.14. The lowest BCUT2D eigenvalue weighted by atomic mass is 10.1. The standard InChI is InChI=1S/C21H22N2O7/c1-12(25)16-6-7-17(30-16)14-5-4-13(10-18(14)28-2)22-19-15(21(27)29-3)11-23(8-9-24)20(19)26/h4-7,10,22,24H,8-9,11H2,1-3H3. The molecule has 0 atom stereocenters. The zero-order chi connectivity index (χ0) is 21.8. The molecule has 0 radical (unpaired) electrons. The highest BCUT2D eigenvalue weighted by atomic mass is 16.5. The lowest BCUT2D eigenvalue weighted by molar-refractivity contribution is -0.136. The second kappa shape index (κ2) is 8.83. The van der Waals surface area contributed by atoms with Crippen molar-refractivity contribution >= 4 is 23.3 Å². The Balaban J connectivity index is 1.92. The zero-order valence-electron chi connectivity index (χ0n) is 16.9. The number of aliphatic hydroxyl groups excluding tert-OH is 1. The van der Waals surface area contributed by atoms with E-state index in [-0.39, 0.29) is 42.5 Å². The van der Waals surface area contributed by atoms with Crippen LogP contribution in [0.15, 0.2) is 46.0 Å². The van der Waals surface area contributed by atoms with Crippen molar-refractivity contribution in [3.8, 4) is 17.1 Å². The highest BCUT2D eigenvalue weighted by molar-refractivity contribution is 6.08. The number of ether oxygens (including phenoxy) is 2. The van der Waals surface area contributed by atoms with Gasteiger partial charge < -0.3 is 29.2 Å². The van der Waals surface area contributed by atoms with Crippen molar-refractivity contribution in [2.75, 3.05) is 39.2 Å². The normalized spacial score (nSPS) is 13.6. The minimum atomic E-state index is -0.623. The molecule has 2 N–H and O–H groups in total. The predicted molar refractivity (Wildman–Crippen MR) is 107 cm³/mol. The SMILES string of the molecule is COC(=O)C1=C(Nc2ccc(-c3ccc(C(C)=O)o3)c(OC)c2)C(=O)N(CCO)C1. The number of nitrogens with zero attached hydrogens (tertiary/aromatic N) is 1. The van der Waals surface area contributed by atoms with E-state index in [9.17, 15) is 14.4 Å². The highest BCUT2D eigenvalue weighted by Gasteiger charge is 2.34. The van der Waals surface area contributed by atoms with Crippen molar-refractivity contribution < 1.29 is 33.4 Å². The first-order valence-corrected chi connectivity index (χ1v) is 9.17. The molecule has 0 unspecified atom stereocenters. The number of Topliss-reactive ketones (excluding diaryl/α,β-unsaturated/α-hetero) is 1. The van der Waals surface area contributed by atoms with E-state index in [0.29, 0.717) is 22.8 Å². The van der Waals surface area contributed by atoms with Crippen LogP contribution < -0.4 is 10.1 Å². The topological polar surface area (TPSA) is 118 Å². The molecule has 0 saturated heterocycles. The van der Waals surface area contributed by atoms with Crippen LogP contribution in [0, 0.1) is 0 Å². The zero-order valence-corrected chi connectivity index (χ0v) is 16.9. The minimum absolute atomic E-state index is 0.0455. The van der Waals surface area contributed by atoms with E-state index in [1.807, 2.05) is 0 Å². The molecule has 0 saturated carbocycles. The molecular weight excluding hydrogens is 392 g/mol. The van der Waals surface area contributed by atoms with Crippen LogP contribution >= 0.6 is 0 Å². The summed E-state index contributed by atoms with van der Waals surface area (Å²) in [5.74, 6) is -0.0751. The molecule has 0 fully saturated rings. The van der Waals surface area contributed by atoms with Gasteiger partial charge in [-0.15, -0.1) is 0 Å². The van der Waals surface area contributed by atoms with Crippen LogP contribution in [0.4, 0.5) is 5.69 Å². The number of hydrogen-bond donors (Lipinski definition) is 2. The maximum atomic E-state index is 12.6. The van der Waals surface area contributed by atoms with Crippen LogP contribution in [0.5, 0.6) is 5.75 Å².